The fourth-order valence-electron chi connectivity index (χ4n) is 2.00. The maximum absolute atomic E-state index is 13.0. The molecular formula is C15H12F3N5S2. The van der Waals surface area contributed by atoms with Crippen molar-refractivity contribution in [1.82, 2.24) is 14.6 Å². The number of para-hydroxylation sites is 1. The minimum Gasteiger partial charge on any atom is -0.278 e. The Hall–Kier alpha value is -2.33. The summed E-state index contributed by atoms with van der Waals surface area (Å²) in [6.45, 7) is 3.52. The molecule has 0 aliphatic carbocycles. The Labute approximate surface area is 149 Å². The van der Waals surface area contributed by atoms with Crippen LogP contribution in [0.4, 0.5) is 18.9 Å². The van der Waals surface area contributed by atoms with Gasteiger partial charge in [-0.3, -0.25) is 5.43 Å². The summed E-state index contributed by atoms with van der Waals surface area (Å²) in [6, 6.07) is 5.19. The van der Waals surface area contributed by atoms with Gasteiger partial charge in [0.05, 0.1) is 28.4 Å². The van der Waals surface area contributed by atoms with Crippen molar-refractivity contribution in [2.75, 3.05) is 5.43 Å². The maximum atomic E-state index is 13.0. The van der Waals surface area contributed by atoms with Crippen LogP contribution in [-0.4, -0.2) is 20.3 Å². The van der Waals surface area contributed by atoms with Gasteiger partial charge in [-0.2, -0.15) is 18.3 Å². The number of nitrogens with zero attached hydrogens (tertiary/aromatic N) is 4. The third-order valence-corrected chi connectivity index (χ3v) is 5.12. The maximum Gasteiger partial charge on any atom is 0.418 e. The molecule has 0 saturated heterocycles. The van der Waals surface area contributed by atoms with Crippen LogP contribution in [0.5, 0.6) is 0 Å². The topological polar surface area (TPSA) is 63.1 Å². The van der Waals surface area contributed by atoms with Crippen LogP contribution in [0.25, 0.3) is 9.88 Å². The quantitative estimate of drug-likeness (QED) is 0.518. The van der Waals surface area contributed by atoms with Gasteiger partial charge < -0.3 is 0 Å². The van der Waals surface area contributed by atoms with Gasteiger partial charge in [0.2, 0.25) is 0 Å². The van der Waals surface area contributed by atoms with Crippen LogP contribution in [0.3, 0.4) is 0 Å². The lowest BCUT2D eigenvalue weighted by Gasteiger charge is -2.11. The smallest absolute Gasteiger partial charge is 0.278 e. The molecule has 1 aromatic carbocycles. The molecule has 0 unspecified atom stereocenters. The number of hydrogen-bond acceptors (Lipinski definition) is 7. The fourth-order valence-corrected chi connectivity index (χ4v) is 3.65. The van der Waals surface area contributed by atoms with E-state index in [1.165, 1.54) is 41.1 Å². The summed E-state index contributed by atoms with van der Waals surface area (Å²) in [5.41, 5.74) is 3.47. The van der Waals surface area contributed by atoms with Crippen LogP contribution in [0.1, 0.15) is 23.9 Å². The normalized spacial score (nSPS) is 12.4. The Bertz CT molecular complexity index is 914. The molecule has 3 rings (SSSR count). The van der Waals surface area contributed by atoms with Crippen molar-refractivity contribution < 1.29 is 13.2 Å². The number of aryl methyl sites for hydroxylation is 1. The number of nitrogens with one attached hydrogen (secondary N) is 1. The van der Waals surface area contributed by atoms with Crippen molar-refractivity contribution in [3.63, 3.8) is 0 Å². The van der Waals surface area contributed by atoms with Gasteiger partial charge in [0, 0.05) is 5.38 Å². The van der Waals surface area contributed by atoms with E-state index in [1.807, 2.05) is 6.92 Å². The fraction of sp³-hybridized carbons (Fsp3) is 0.200. The highest BCUT2D eigenvalue weighted by molar-refractivity contribution is 7.18. The van der Waals surface area contributed by atoms with Gasteiger partial charge in [0.25, 0.3) is 0 Å². The van der Waals surface area contributed by atoms with Crippen LogP contribution in [0, 0.1) is 6.92 Å². The lowest BCUT2D eigenvalue weighted by Crippen LogP contribution is -2.09. The summed E-state index contributed by atoms with van der Waals surface area (Å²) < 4.78 is 42.8. The standard InChI is InChI=1S/C15H12F3N5S2/c1-8(12-7-24-14(19-12)13-9(2)21-23-25-13)20-22-11-6-4-3-5-10(11)15(16,17)18/h3-7,22H,1-2H3/b20-8-. The zero-order valence-corrected chi connectivity index (χ0v) is 14.8. The molecule has 0 aliphatic heterocycles. The molecule has 0 spiro atoms. The second kappa shape index (κ2) is 6.89. The predicted molar refractivity (Wildman–Crippen MR) is 93.0 cm³/mol. The highest BCUT2D eigenvalue weighted by atomic mass is 32.1. The van der Waals surface area contributed by atoms with Gasteiger partial charge in [0.15, 0.2) is 0 Å². The first kappa shape index (κ1) is 17.5. The van der Waals surface area contributed by atoms with Crippen molar-refractivity contribution in [2.24, 2.45) is 5.10 Å². The summed E-state index contributed by atoms with van der Waals surface area (Å²) in [6.07, 6.45) is -4.45. The Morgan fingerprint density at radius 3 is 2.68 bits per heavy atom. The third kappa shape index (κ3) is 3.85. The summed E-state index contributed by atoms with van der Waals surface area (Å²) in [5.74, 6) is 0. The van der Waals surface area contributed by atoms with E-state index in [4.69, 9.17) is 0 Å². The first-order valence-corrected chi connectivity index (χ1v) is 8.73. The second-order valence-corrected chi connectivity index (χ2v) is 6.69. The van der Waals surface area contributed by atoms with E-state index >= 15 is 0 Å². The highest BCUT2D eigenvalue weighted by Crippen LogP contribution is 2.34. The van der Waals surface area contributed by atoms with Crippen molar-refractivity contribution in [3.05, 3.63) is 46.6 Å². The number of anilines is 1. The number of benzene rings is 1. The lowest BCUT2D eigenvalue weighted by molar-refractivity contribution is -0.136. The molecule has 130 valence electrons. The lowest BCUT2D eigenvalue weighted by atomic mass is 10.2. The van der Waals surface area contributed by atoms with Crippen LogP contribution < -0.4 is 5.43 Å². The van der Waals surface area contributed by atoms with Crippen LogP contribution in [0.15, 0.2) is 34.7 Å². The predicted octanol–water partition coefficient (Wildman–Crippen LogP) is 4.82. The molecule has 10 heteroatoms. The van der Waals surface area contributed by atoms with Crippen molar-refractivity contribution in [1.29, 1.82) is 0 Å². The van der Waals surface area contributed by atoms with E-state index in [0.29, 0.717) is 11.4 Å². The van der Waals surface area contributed by atoms with Gasteiger partial charge in [-0.05, 0) is 37.5 Å². The first-order valence-electron chi connectivity index (χ1n) is 7.08. The van der Waals surface area contributed by atoms with E-state index in [1.54, 1.807) is 12.3 Å². The van der Waals surface area contributed by atoms with Crippen LogP contribution >= 0.6 is 22.9 Å². The summed E-state index contributed by atoms with van der Waals surface area (Å²) in [5, 5.41) is 10.5. The Balaban J connectivity index is 1.82. The Morgan fingerprint density at radius 1 is 1.24 bits per heavy atom. The monoisotopic (exact) mass is 383 g/mol. The van der Waals surface area contributed by atoms with Gasteiger partial charge in [-0.25, -0.2) is 4.98 Å². The van der Waals surface area contributed by atoms with E-state index in [2.05, 4.69) is 25.1 Å². The van der Waals surface area contributed by atoms with E-state index in [-0.39, 0.29) is 5.69 Å². The molecule has 0 saturated carbocycles. The zero-order chi connectivity index (χ0) is 18.0. The summed E-state index contributed by atoms with van der Waals surface area (Å²) in [4.78, 5) is 5.33. The molecule has 0 atom stereocenters. The first-order chi connectivity index (χ1) is 11.9. The molecule has 3 aromatic rings. The number of rotatable bonds is 4. The van der Waals surface area contributed by atoms with E-state index in [0.717, 1.165) is 21.6 Å². The minimum absolute atomic E-state index is 0.104. The second-order valence-electron chi connectivity index (χ2n) is 5.08. The number of thiazole rings is 1. The molecule has 1 N–H and O–H groups in total. The number of hydrogen-bond donors (Lipinski definition) is 1. The van der Waals surface area contributed by atoms with Crippen LogP contribution in [-0.2, 0) is 6.18 Å². The molecule has 2 heterocycles. The molecule has 0 bridgehead atoms. The van der Waals surface area contributed by atoms with Crippen molar-refractivity contribution in [3.8, 4) is 9.88 Å². The number of halogens is 3. The Morgan fingerprint density at radius 2 is 2.00 bits per heavy atom. The SMILES string of the molecule is C/C(=N/Nc1ccccc1C(F)(F)F)c1csc(-c2snnc2C)n1. The average molecular weight is 383 g/mol. The molecular weight excluding hydrogens is 371 g/mol. The largest absolute Gasteiger partial charge is 0.418 e. The van der Waals surface area contributed by atoms with E-state index < -0.39 is 11.7 Å². The molecule has 5 nitrogen and oxygen atoms in total. The summed E-state index contributed by atoms with van der Waals surface area (Å²) >= 11 is 2.66. The number of hydrazone groups is 1. The number of aromatic nitrogens is 3. The van der Waals surface area contributed by atoms with Crippen molar-refractivity contribution in [2.45, 2.75) is 20.0 Å². The molecule has 0 aliphatic rings. The minimum atomic E-state index is -4.45. The Kier molecular flexibility index (Phi) is 4.82. The molecule has 0 fully saturated rings. The highest BCUT2D eigenvalue weighted by Gasteiger charge is 2.33. The van der Waals surface area contributed by atoms with Crippen molar-refractivity contribution >= 4 is 34.3 Å². The van der Waals surface area contributed by atoms with Gasteiger partial charge in [0.1, 0.15) is 9.88 Å². The molecule has 0 amide bonds. The molecule has 25 heavy (non-hydrogen) atoms. The molecule has 2 aromatic heterocycles. The van der Waals surface area contributed by atoms with Gasteiger partial charge >= 0.3 is 6.18 Å². The third-order valence-electron chi connectivity index (χ3n) is 3.30. The van der Waals surface area contributed by atoms with Gasteiger partial charge in [-0.1, -0.05) is 16.6 Å². The summed E-state index contributed by atoms with van der Waals surface area (Å²) in [7, 11) is 0. The van der Waals surface area contributed by atoms with E-state index in [9.17, 15) is 13.2 Å². The van der Waals surface area contributed by atoms with Gasteiger partial charge in [-0.15, -0.1) is 16.4 Å². The number of alkyl halides is 3. The van der Waals surface area contributed by atoms with Crippen LogP contribution in [0.2, 0.25) is 0 Å². The average Bonchev–Trinajstić information content (AvgIpc) is 3.20. The molecule has 0 radical (unpaired) electrons. The zero-order valence-electron chi connectivity index (χ0n) is 13.1.